The topological polar surface area (TPSA) is 30.5 Å². The fourth-order valence-corrected chi connectivity index (χ4v) is 3.23. The van der Waals surface area contributed by atoms with E-state index in [2.05, 4.69) is 5.32 Å². The molecule has 3 fully saturated rings. The van der Waals surface area contributed by atoms with Gasteiger partial charge in [-0.05, 0) is 45.1 Å². The summed E-state index contributed by atoms with van der Waals surface area (Å²) >= 11 is 0. The van der Waals surface area contributed by atoms with E-state index < -0.39 is 0 Å². The molecule has 92 valence electrons. The van der Waals surface area contributed by atoms with Crippen molar-refractivity contribution in [3.8, 4) is 0 Å². The molecule has 1 spiro atoms. The molecule has 0 aromatic carbocycles. The molecule has 3 rings (SSSR count). The second-order valence-electron chi connectivity index (χ2n) is 5.60. The van der Waals surface area contributed by atoms with Crippen molar-refractivity contribution in [1.82, 2.24) is 5.32 Å². The molecular formula is C13H23NO2. The molecule has 2 atom stereocenters. The fraction of sp³-hybridized carbons (Fsp3) is 1.00. The largest absolute Gasteiger partial charge is 0.375 e. The standard InChI is InChI=1S/C13H23NO2/c1-3-12(10-14-7-1)16-11-4-8-15-13(9-11)5-2-6-13/h11-12,14H,1-10H2/t11?,12-/m0/s1. The summed E-state index contributed by atoms with van der Waals surface area (Å²) in [6.07, 6.45) is 9.51. The van der Waals surface area contributed by atoms with E-state index in [0.717, 1.165) is 32.5 Å². The molecule has 0 aromatic rings. The third-order valence-corrected chi connectivity index (χ3v) is 4.35. The summed E-state index contributed by atoms with van der Waals surface area (Å²) in [6.45, 7) is 3.12. The summed E-state index contributed by atoms with van der Waals surface area (Å²) in [4.78, 5) is 0. The van der Waals surface area contributed by atoms with Crippen molar-refractivity contribution in [2.24, 2.45) is 0 Å². The molecule has 0 radical (unpaired) electrons. The molecule has 3 nitrogen and oxygen atoms in total. The van der Waals surface area contributed by atoms with E-state index in [1.807, 2.05) is 0 Å². The lowest BCUT2D eigenvalue weighted by molar-refractivity contribution is -0.179. The second-order valence-corrected chi connectivity index (χ2v) is 5.60. The molecule has 1 unspecified atom stereocenters. The Labute approximate surface area is 97.9 Å². The Hall–Kier alpha value is -0.120. The van der Waals surface area contributed by atoms with Gasteiger partial charge in [0.1, 0.15) is 0 Å². The lowest BCUT2D eigenvalue weighted by Crippen LogP contribution is -2.49. The molecule has 2 saturated heterocycles. The molecule has 0 bridgehead atoms. The Balaban J connectivity index is 1.50. The first kappa shape index (κ1) is 11.0. The van der Waals surface area contributed by atoms with Crippen molar-refractivity contribution in [2.45, 2.75) is 62.8 Å². The van der Waals surface area contributed by atoms with Crippen molar-refractivity contribution in [3.05, 3.63) is 0 Å². The van der Waals surface area contributed by atoms with Crippen LogP contribution in [0.2, 0.25) is 0 Å². The SMILES string of the molecule is C1CNC[C@@H](OC2CCOC3(CCC3)C2)C1. The quantitative estimate of drug-likeness (QED) is 0.778. The minimum Gasteiger partial charge on any atom is -0.375 e. The summed E-state index contributed by atoms with van der Waals surface area (Å²) in [6, 6.07) is 0. The number of rotatable bonds is 2. The van der Waals surface area contributed by atoms with Gasteiger partial charge in [-0.25, -0.2) is 0 Å². The normalized spacial score (nSPS) is 38.2. The average molecular weight is 225 g/mol. The first-order valence-electron chi connectivity index (χ1n) is 6.86. The van der Waals surface area contributed by atoms with Crippen molar-refractivity contribution >= 4 is 0 Å². The van der Waals surface area contributed by atoms with Gasteiger partial charge >= 0.3 is 0 Å². The maximum absolute atomic E-state index is 6.22. The highest BCUT2D eigenvalue weighted by molar-refractivity contribution is 4.94. The van der Waals surface area contributed by atoms with Crippen LogP contribution in [0.5, 0.6) is 0 Å². The van der Waals surface area contributed by atoms with Gasteiger partial charge in [-0.3, -0.25) is 0 Å². The van der Waals surface area contributed by atoms with E-state index in [-0.39, 0.29) is 5.60 Å². The zero-order valence-corrected chi connectivity index (χ0v) is 10.0. The molecule has 2 heterocycles. The summed E-state index contributed by atoms with van der Waals surface area (Å²) in [5, 5.41) is 3.42. The number of nitrogens with one attached hydrogen (secondary N) is 1. The van der Waals surface area contributed by atoms with Crippen LogP contribution in [0.25, 0.3) is 0 Å². The maximum atomic E-state index is 6.22. The van der Waals surface area contributed by atoms with Gasteiger partial charge in [0.15, 0.2) is 0 Å². The van der Waals surface area contributed by atoms with Crippen molar-refractivity contribution < 1.29 is 9.47 Å². The van der Waals surface area contributed by atoms with E-state index in [1.54, 1.807) is 0 Å². The molecule has 0 aromatic heterocycles. The van der Waals surface area contributed by atoms with Crippen LogP contribution in [0.3, 0.4) is 0 Å². The van der Waals surface area contributed by atoms with Gasteiger partial charge in [-0.1, -0.05) is 0 Å². The maximum Gasteiger partial charge on any atom is 0.0707 e. The smallest absolute Gasteiger partial charge is 0.0707 e. The van der Waals surface area contributed by atoms with Crippen LogP contribution in [-0.2, 0) is 9.47 Å². The Morgan fingerprint density at radius 3 is 2.75 bits per heavy atom. The predicted molar refractivity (Wildman–Crippen MR) is 62.5 cm³/mol. The van der Waals surface area contributed by atoms with Crippen molar-refractivity contribution in [2.75, 3.05) is 19.7 Å². The highest BCUT2D eigenvalue weighted by atomic mass is 16.5. The first-order valence-corrected chi connectivity index (χ1v) is 6.86. The number of hydrogen-bond acceptors (Lipinski definition) is 3. The zero-order chi connectivity index (χ0) is 10.8. The van der Waals surface area contributed by atoms with Crippen LogP contribution in [0.4, 0.5) is 0 Å². The Morgan fingerprint density at radius 1 is 1.12 bits per heavy atom. The highest BCUT2D eigenvalue weighted by Crippen LogP contribution is 2.43. The Bertz CT molecular complexity index is 234. The van der Waals surface area contributed by atoms with E-state index in [0.29, 0.717) is 12.2 Å². The third-order valence-electron chi connectivity index (χ3n) is 4.35. The van der Waals surface area contributed by atoms with Gasteiger partial charge in [0.05, 0.1) is 17.8 Å². The van der Waals surface area contributed by atoms with Crippen LogP contribution in [-0.4, -0.2) is 37.5 Å². The monoisotopic (exact) mass is 225 g/mol. The van der Waals surface area contributed by atoms with Crippen LogP contribution in [0, 0.1) is 0 Å². The van der Waals surface area contributed by atoms with Crippen LogP contribution < -0.4 is 5.32 Å². The molecule has 1 aliphatic carbocycles. The third kappa shape index (κ3) is 2.27. The highest BCUT2D eigenvalue weighted by Gasteiger charge is 2.43. The minimum absolute atomic E-state index is 0.227. The molecule has 1 saturated carbocycles. The zero-order valence-electron chi connectivity index (χ0n) is 10.0. The number of ether oxygens (including phenoxy) is 2. The van der Waals surface area contributed by atoms with E-state index in [9.17, 15) is 0 Å². The number of hydrogen-bond donors (Lipinski definition) is 1. The first-order chi connectivity index (χ1) is 7.86. The van der Waals surface area contributed by atoms with Crippen molar-refractivity contribution in [3.63, 3.8) is 0 Å². The summed E-state index contributed by atoms with van der Waals surface area (Å²) in [5.74, 6) is 0. The van der Waals surface area contributed by atoms with E-state index >= 15 is 0 Å². The van der Waals surface area contributed by atoms with Gasteiger partial charge in [0, 0.05) is 19.6 Å². The van der Waals surface area contributed by atoms with Gasteiger partial charge in [0.2, 0.25) is 0 Å². The van der Waals surface area contributed by atoms with Crippen LogP contribution >= 0.6 is 0 Å². The van der Waals surface area contributed by atoms with Gasteiger partial charge < -0.3 is 14.8 Å². The Kier molecular flexibility index (Phi) is 3.18. The van der Waals surface area contributed by atoms with Crippen LogP contribution in [0.15, 0.2) is 0 Å². The minimum atomic E-state index is 0.227. The van der Waals surface area contributed by atoms with Crippen molar-refractivity contribution in [1.29, 1.82) is 0 Å². The average Bonchev–Trinajstić information content (AvgIpc) is 2.29. The van der Waals surface area contributed by atoms with Crippen LogP contribution in [0.1, 0.15) is 44.9 Å². The molecule has 1 N–H and O–H groups in total. The molecule has 0 amide bonds. The summed E-state index contributed by atoms with van der Waals surface area (Å²) in [5.41, 5.74) is 0.227. The lowest BCUT2D eigenvalue weighted by atomic mass is 9.74. The fourth-order valence-electron chi connectivity index (χ4n) is 3.23. The van der Waals surface area contributed by atoms with Gasteiger partial charge in [-0.15, -0.1) is 0 Å². The lowest BCUT2D eigenvalue weighted by Gasteiger charge is -2.47. The predicted octanol–water partition coefficient (Wildman–Crippen LogP) is 1.86. The van der Waals surface area contributed by atoms with E-state index in [1.165, 1.54) is 32.1 Å². The molecule has 2 aliphatic heterocycles. The molecule has 3 aliphatic rings. The summed E-state index contributed by atoms with van der Waals surface area (Å²) < 4.78 is 12.1. The Morgan fingerprint density at radius 2 is 2.06 bits per heavy atom. The second kappa shape index (κ2) is 4.63. The number of piperidine rings is 1. The van der Waals surface area contributed by atoms with Gasteiger partial charge in [-0.2, -0.15) is 0 Å². The van der Waals surface area contributed by atoms with E-state index in [4.69, 9.17) is 9.47 Å². The molecule has 3 heteroatoms. The summed E-state index contributed by atoms with van der Waals surface area (Å²) in [7, 11) is 0. The van der Waals surface area contributed by atoms with Gasteiger partial charge in [0.25, 0.3) is 0 Å². The molecule has 16 heavy (non-hydrogen) atoms. The molecular weight excluding hydrogens is 202 g/mol.